The maximum Gasteiger partial charge on any atom is 0.310 e. The Bertz CT molecular complexity index is 2560. The first kappa shape index (κ1) is 104. The number of hydrogen-bond acceptors (Lipinski definition) is 12. The monoisotopic (exact) mass is 1680 g/mol. The summed E-state index contributed by atoms with van der Waals surface area (Å²) in [4.78, 5) is 105. The van der Waals surface area contributed by atoms with Gasteiger partial charge in [-0.15, -0.1) is 0 Å². The number of unbranched alkanes of at least 4 members (excludes halogenated alkanes) is 42. The van der Waals surface area contributed by atoms with Crippen LogP contribution >= 0.6 is 0 Å². The van der Waals surface area contributed by atoms with Crippen molar-refractivity contribution >= 4 is 35.3 Å². The number of ketones is 3. The number of carbonyl (C=O) groups excluding carboxylic acids is 6. The van der Waals surface area contributed by atoms with E-state index in [0.29, 0.717) is 120 Å². The van der Waals surface area contributed by atoms with Crippen molar-refractivity contribution in [2.75, 3.05) is 0 Å². The molecular formula is C108H192O12. The molecule has 0 spiro atoms. The van der Waals surface area contributed by atoms with Crippen LogP contribution in [0.4, 0.5) is 0 Å². The standard InChI is InChI=1S/C108H192O12/c1-7-13-19-25-31-37-43-49-55-85-61-73-91(74-62-85)98(110)106(118-103(115)94-79-67-88(68-80-94)58-52-46-40-34-28-22-16-10-4)101(113)97(109)102(114)107(99(111)92-75-63-86(64-76-92)56-50-44-38-32-26-20-14-8-2,119-104(116)95-81-69-89(70-82-95)59-53-47-41-35-29-23-17-11-5)108(106,100(112)93-77-65-87(66-78-93)57-51-45-39-33-27-21-15-9-3)120-105(117)96-83-71-90(72-84-96)60-54-48-42-36-30-24-18-12-6/h85-97,101-102,109,113-114H,7-84H2,1-6H3/t85?,86?,87?,88?,89?,90?,91?,92?,93?,94?,95?,96?,97?,101-,102+,106+,107-,108?. The van der Waals surface area contributed by atoms with Crippen molar-refractivity contribution in [3.63, 3.8) is 0 Å². The van der Waals surface area contributed by atoms with Crippen LogP contribution in [-0.4, -0.2) is 85.7 Å². The summed E-state index contributed by atoms with van der Waals surface area (Å²) in [7, 11) is 0. The van der Waals surface area contributed by atoms with E-state index in [1.165, 1.54) is 231 Å². The second-order valence-electron chi connectivity index (χ2n) is 41.8. The summed E-state index contributed by atoms with van der Waals surface area (Å²) in [5, 5.41) is 42.3. The second-order valence-corrected chi connectivity index (χ2v) is 41.8. The van der Waals surface area contributed by atoms with Crippen LogP contribution in [0.3, 0.4) is 0 Å². The topological polar surface area (TPSA) is 191 Å². The van der Waals surface area contributed by atoms with Crippen LogP contribution in [0.25, 0.3) is 0 Å². The SMILES string of the molecule is CCCCCCCCCCC1CCC(C(=O)OC2(C(=O)C3CCC(CCCCCCCCCC)CC3)[C@@](OC(=O)C3CCC(CCCCCCCCCC)CC3)(C(=O)C3CCC(CCCCCCCCCC)CC3)[C@@H](O)C(O)[C@@H](O)[C@@]2(OC(=O)C2CCC(CCCCCCCCCC)CC2)C(=O)C2CCC(CCCCCCCCCC)CC2)CC1. The highest BCUT2D eigenvalue weighted by Crippen LogP contribution is 2.60. The van der Waals surface area contributed by atoms with Gasteiger partial charge >= 0.3 is 17.9 Å². The third-order valence-electron chi connectivity index (χ3n) is 32.4. The minimum absolute atomic E-state index is 0.268. The molecule has 12 heteroatoms. The first-order chi connectivity index (χ1) is 58.6. The number of aliphatic hydroxyl groups is 3. The lowest BCUT2D eigenvalue weighted by Crippen LogP contribution is -2.92. The third kappa shape index (κ3) is 33.4. The number of ether oxygens (including phenoxy) is 3. The molecule has 7 rings (SSSR count). The minimum atomic E-state index is -3.46. The molecular weight excluding hydrogens is 1490 g/mol. The molecule has 3 N–H and O–H groups in total. The number of carbonyl (C=O) groups is 6. The minimum Gasteiger partial charge on any atom is -0.443 e. The maximum atomic E-state index is 18.5. The van der Waals surface area contributed by atoms with Gasteiger partial charge in [-0.25, -0.2) is 0 Å². The smallest absolute Gasteiger partial charge is 0.310 e. The molecule has 0 aromatic heterocycles. The highest BCUT2D eigenvalue weighted by atomic mass is 16.7. The summed E-state index contributed by atoms with van der Waals surface area (Å²) >= 11 is 0. The molecule has 6 atom stereocenters. The summed E-state index contributed by atoms with van der Waals surface area (Å²) in [6.07, 6.45) is 69.0. The van der Waals surface area contributed by atoms with E-state index in [1.54, 1.807) is 0 Å². The fraction of sp³-hybridized carbons (Fsp3) is 0.944. The number of esters is 3. The molecule has 0 saturated heterocycles. The lowest BCUT2D eigenvalue weighted by molar-refractivity contribution is -0.329. The van der Waals surface area contributed by atoms with Gasteiger partial charge in [-0.05, 0) is 190 Å². The number of Topliss-reactive ketones (excluding diaryl/α,β-unsaturated/α-hetero) is 3. The molecule has 2 unspecified atom stereocenters. The van der Waals surface area contributed by atoms with Crippen molar-refractivity contribution < 1.29 is 58.3 Å². The lowest BCUT2D eigenvalue weighted by atomic mass is 9.49. The molecule has 696 valence electrons. The summed E-state index contributed by atoms with van der Waals surface area (Å²) < 4.78 is 22.5. The normalized spacial score (nSPS) is 29.9. The van der Waals surface area contributed by atoms with Crippen LogP contribution in [-0.2, 0) is 43.0 Å². The van der Waals surface area contributed by atoms with Crippen molar-refractivity contribution in [2.45, 2.75) is 577 Å². The highest BCUT2D eigenvalue weighted by Gasteiger charge is 2.89. The van der Waals surface area contributed by atoms with Gasteiger partial charge in [0.15, 0.2) is 17.3 Å². The van der Waals surface area contributed by atoms with E-state index in [0.717, 1.165) is 154 Å². The van der Waals surface area contributed by atoms with Crippen molar-refractivity contribution in [3.05, 3.63) is 0 Å². The van der Waals surface area contributed by atoms with Crippen LogP contribution in [0.1, 0.15) is 542 Å². The Morgan fingerprint density at radius 3 is 0.558 bits per heavy atom. The molecule has 0 aromatic carbocycles. The highest BCUT2D eigenvalue weighted by molar-refractivity contribution is 6.12. The zero-order valence-electron chi connectivity index (χ0n) is 79.3. The van der Waals surface area contributed by atoms with Gasteiger partial charge in [-0.3, -0.25) is 28.8 Å². The molecule has 7 aliphatic rings. The quantitative estimate of drug-likeness (QED) is 0.0297. The Kier molecular flexibility index (Phi) is 53.0. The molecule has 12 nitrogen and oxygen atoms in total. The zero-order chi connectivity index (χ0) is 85.9. The van der Waals surface area contributed by atoms with Crippen LogP contribution < -0.4 is 0 Å². The van der Waals surface area contributed by atoms with Gasteiger partial charge in [0, 0.05) is 17.8 Å². The predicted octanol–water partition coefficient (Wildman–Crippen LogP) is 29.7. The molecule has 0 bridgehead atoms. The molecule has 0 radical (unpaired) electrons. The number of aliphatic hydroxyl groups excluding tert-OH is 3. The van der Waals surface area contributed by atoms with Gasteiger partial charge in [0.05, 0.1) is 17.8 Å². The molecule has 7 saturated carbocycles. The van der Waals surface area contributed by atoms with Crippen molar-refractivity contribution in [1.29, 1.82) is 0 Å². The average Bonchev–Trinajstić information content (AvgIpc) is 0.657. The first-order valence-corrected chi connectivity index (χ1v) is 53.9. The van der Waals surface area contributed by atoms with E-state index in [9.17, 15) is 15.3 Å². The molecule has 0 aromatic rings. The van der Waals surface area contributed by atoms with Gasteiger partial charge in [0.25, 0.3) is 5.60 Å². The van der Waals surface area contributed by atoms with E-state index < -0.39 is 106 Å². The molecule has 0 aliphatic heterocycles. The summed E-state index contributed by atoms with van der Waals surface area (Å²) in [6, 6.07) is 0. The Morgan fingerprint density at radius 2 is 0.367 bits per heavy atom. The van der Waals surface area contributed by atoms with Crippen LogP contribution in [0, 0.1) is 71.0 Å². The second kappa shape index (κ2) is 60.9. The Balaban J connectivity index is 1.38. The molecule has 120 heavy (non-hydrogen) atoms. The molecule has 0 amide bonds. The summed E-state index contributed by atoms with van der Waals surface area (Å²) in [6.45, 7) is 13.5. The van der Waals surface area contributed by atoms with E-state index in [1.807, 2.05) is 0 Å². The van der Waals surface area contributed by atoms with Crippen LogP contribution in [0.5, 0.6) is 0 Å². The van der Waals surface area contributed by atoms with Crippen molar-refractivity contribution in [3.8, 4) is 0 Å². The first-order valence-electron chi connectivity index (χ1n) is 53.9. The summed E-state index contributed by atoms with van der Waals surface area (Å²) in [5.74, 6) is -8.67. The van der Waals surface area contributed by atoms with Gasteiger partial charge in [0.2, 0.25) is 11.2 Å². The van der Waals surface area contributed by atoms with Crippen LogP contribution in [0.15, 0.2) is 0 Å². The van der Waals surface area contributed by atoms with E-state index in [-0.39, 0.29) is 30.6 Å². The zero-order valence-corrected chi connectivity index (χ0v) is 79.3. The van der Waals surface area contributed by atoms with Crippen LogP contribution in [0.2, 0.25) is 0 Å². The van der Waals surface area contributed by atoms with E-state index in [4.69, 9.17) is 14.2 Å². The van der Waals surface area contributed by atoms with Gasteiger partial charge in [-0.2, -0.15) is 0 Å². The maximum absolute atomic E-state index is 18.5. The van der Waals surface area contributed by atoms with Crippen molar-refractivity contribution in [1.82, 2.24) is 0 Å². The Hall–Kier alpha value is -2.70. The fourth-order valence-electron chi connectivity index (χ4n) is 24.1. The van der Waals surface area contributed by atoms with Gasteiger partial charge in [-0.1, -0.05) is 388 Å². The molecule has 7 fully saturated rings. The third-order valence-corrected chi connectivity index (χ3v) is 32.4. The van der Waals surface area contributed by atoms with Crippen molar-refractivity contribution in [2.24, 2.45) is 71.0 Å². The fourth-order valence-corrected chi connectivity index (χ4v) is 24.1. The van der Waals surface area contributed by atoms with Gasteiger partial charge < -0.3 is 29.5 Å². The van der Waals surface area contributed by atoms with E-state index >= 15 is 28.8 Å². The average molecular weight is 1680 g/mol. The Morgan fingerprint density at radius 1 is 0.208 bits per heavy atom. The van der Waals surface area contributed by atoms with Gasteiger partial charge in [0.1, 0.15) is 18.3 Å². The molecule has 7 aliphatic carbocycles. The molecule has 0 heterocycles. The summed E-state index contributed by atoms with van der Waals surface area (Å²) in [5.41, 5.74) is -10.1. The predicted molar refractivity (Wildman–Crippen MR) is 496 cm³/mol. The lowest BCUT2D eigenvalue weighted by Gasteiger charge is -2.63. The largest absolute Gasteiger partial charge is 0.443 e. The Labute approximate surface area is 737 Å². The van der Waals surface area contributed by atoms with E-state index in [2.05, 4.69) is 41.5 Å². The number of rotatable bonds is 66. The number of hydrogen-bond donors (Lipinski definition) is 3.